The number of esters is 1. The Kier molecular flexibility index (Phi) is 4.51. The molecule has 7 nitrogen and oxygen atoms in total. The number of rotatable bonds is 5. The van der Waals surface area contributed by atoms with Crippen molar-refractivity contribution in [3.05, 3.63) is 29.8 Å². The van der Waals surface area contributed by atoms with E-state index in [4.69, 9.17) is 5.11 Å². The van der Waals surface area contributed by atoms with Crippen LogP contribution < -0.4 is 4.72 Å². The summed E-state index contributed by atoms with van der Waals surface area (Å²) in [5.41, 5.74) is -1.44. The number of methoxy groups -OCH3 is 1. The number of benzene rings is 1. The number of ether oxygens (including phenoxy) is 1. The Bertz CT molecular complexity index is 618. The summed E-state index contributed by atoms with van der Waals surface area (Å²) in [5, 5.41) is 8.91. The van der Waals surface area contributed by atoms with Gasteiger partial charge in [0, 0.05) is 0 Å². The molecule has 2 N–H and O–H groups in total. The highest BCUT2D eigenvalue weighted by molar-refractivity contribution is 7.89. The Labute approximate surface area is 116 Å². The number of carboxylic acid groups (broad SMARTS) is 1. The van der Waals surface area contributed by atoms with Crippen molar-refractivity contribution in [2.45, 2.75) is 24.3 Å². The molecular weight excluding hydrogens is 286 g/mol. The van der Waals surface area contributed by atoms with E-state index in [9.17, 15) is 18.0 Å². The fraction of sp³-hybridized carbons (Fsp3) is 0.333. The molecule has 0 unspecified atom stereocenters. The molecule has 0 fully saturated rings. The van der Waals surface area contributed by atoms with Gasteiger partial charge in [0.2, 0.25) is 10.0 Å². The second-order valence-electron chi connectivity index (χ2n) is 4.55. The Morgan fingerprint density at radius 3 is 2.10 bits per heavy atom. The van der Waals surface area contributed by atoms with Crippen molar-refractivity contribution in [1.29, 1.82) is 0 Å². The van der Waals surface area contributed by atoms with Gasteiger partial charge in [-0.25, -0.2) is 13.2 Å². The van der Waals surface area contributed by atoms with Crippen LogP contribution in [0.15, 0.2) is 29.2 Å². The molecule has 0 aliphatic carbocycles. The van der Waals surface area contributed by atoms with Gasteiger partial charge in [-0.2, -0.15) is 4.72 Å². The number of hydrogen-bond donors (Lipinski definition) is 2. The first kappa shape index (κ1) is 16.1. The maximum atomic E-state index is 12.0. The van der Waals surface area contributed by atoms with Gasteiger partial charge in [0.15, 0.2) is 0 Å². The monoisotopic (exact) mass is 301 g/mol. The summed E-state index contributed by atoms with van der Waals surface area (Å²) in [7, 11) is -2.78. The quantitative estimate of drug-likeness (QED) is 0.771. The van der Waals surface area contributed by atoms with E-state index in [1.54, 1.807) is 0 Å². The molecule has 0 bridgehead atoms. The van der Waals surface area contributed by atoms with E-state index in [0.29, 0.717) is 0 Å². The number of aliphatic carboxylic acids is 1. The van der Waals surface area contributed by atoms with Crippen molar-refractivity contribution in [3.8, 4) is 0 Å². The number of carbonyl (C=O) groups excluding carboxylic acids is 1. The Hall–Kier alpha value is -1.93. The van der Waals surface area contributed by atoms with Gasteiger partial charge >= 0.3 is 11.9 Å². The SMILES string of the molecule is COC(=O)c1ccc(S(=O)(=O)NC(C)(C)C(=O)O)cc1. The molecule has 1 rings (SSSR count). The zero-order chi connectivity index (χ0) is 15.6. The highest BCUT2D eigenvalue weighted by atomic mass is 32.2. The third kappa shape index (κ3) is 3.55. The molecule has 0 spiro atoms. The normalized spacial score (nSPS) is 11.9. The van der Waals surface area contributed by atoms with Crippen LogP contribution in [0.4, 0.5) is 0 Å². The van der Waals surface area contributed by atoms with Crippen LogP contribution in [0.1, 0.15) is 24.2 Å². The molecule has 1 aromatic carbocycles. The maximum absolute atomic E-state index is 12.0. The molecule has 0 atom stereocenters. The Morgan fingerprint density at radius 2 is 1.70 bits per heavy atom. The fourth-order valence-corrected chi connectivity index (χ4v) is 2.70. The van der Waals surface area contributed by atoms with Crippen molar-refractivity contribution in [2.75, 3.05) is 7.11 Å². The second kappa shape index (κ2) is 5.59. The van der Waals surface area contributed by atoms with Crippen LogP contribution in [0.25, 0.3) is 0 Å². The third-order valence-electron chi connectivity index (χ3n) is 2.51. The van der Waals surface area contributed by atoms with Gasteiger partial charge < -0.3 is 9.84 Å². The molecule has 8 heteroatoms. The third-order valence-corrected chi connectivity index (χ3v) is 4.18. The molecule has 1 aromatic rings. The predicted octanol–water partition coefficient (Wildman–Crippen LogP) is 0.615. The molecule has 0 aromatic heterocycles. The van der Waals surface area contributed by atoms with Crippen LogP contribution in [-0.2, 0) is 19.6 Å². The zero-order valence-corrected chi connectivity index (χ0v) is 12.0. The van der Waals surface area contributed by atoms with Crippen LogP contribution in [0.5, 0.6) is 0 Å². The molecule has 0 aliphatic heterocycles. The summed E-state index contributed by atoms with van der Waals surface area (Å²) >= 11 is 0. The van der Waals surface area contributed by atoms with E-state index in [-0.39, 0.29) is 10.5 Å². The van der Waals surface area contributed by atoms with Crippen molar-refractivity contribution in [3.63, 3.8) is 0 Å². The Morgan fingerprint density at radius 1 is 1.20 bits per heavy atom. The summed E-state index contributed by atoms with van der Waals surface area (Å²) in [6.07, 6.45) is 0. The van der Waals surface area contributed by atoms with Crippen LogP contribution in [-0.4, -0.2) is 38.1 Å². The maximum Gasteiger partial charge on any atom is 0.337 e. The average molecular weight is 301 g/mol. The van der Waals surface area contributed by atoms with Gasteiger partial charge in [0.1, 0.15) is 5.54 Å². The highest BCUT2D eigenvalue weighted by Gasteiger charge is 2.33. The number of hydrogen-bond acceptors (Lipinski definition) is 5. The minimum Gasteiger partial charge on any atom is -0.480 e. The number of sulfonamides is 1. The van der Waals surface area contributed by atoms with E-state index >= 15 is 0 Å². The topological polar surface area (TPSA) is 110 Å². The summed E-state index contributed by atoms with van der Waals surface area (Å²) in [6.45, 7) is 2.46. The van der Waals surface area contributed by atoms with Gasteiger partial charge in [0.25, 0.3) is 0 Å². The molecular formula is C12H15NO6S. The van der Waals surface area contributed by atoms with E-state index in [2.05, 4.69) is 9.46 Å². The first-order chi connectivity index (χ1) is 9.10. The minimum absolute atomic E-state index is 0.139. The second-order valence-corrected chi connectivity index (χ2v) is 6.23. The molecule has 20 heavy (non-hydrogen) atoms. The number of carbonyl (C=O) groups is 2. The van der Waals surface area contributed by atoms with Crippen LogP contribution in [0.2, 0.25) is 0 Å². The van der Waals surface area contributed by atoms with Crippen molar-refractivity contribution >= 4 is 22.0 Å². The van der Waals surface area contributed by atoms with Gasteiger partial charge in [0.05, 0.1) is 17.6 Å². The molecule has 0 heterocycles. The molecule has 0 saturated heterocycles. The van der Waals surface area contributed by atoms with Crippen molar-refractivity contribution < 1.29 is 27.9 Å². The van der Waals surface area contributed by atoms with Crippen LogP contribution >= 0.6 is 0 Å². The van der Waals surface area contributed by atoms with E-state index < -0.39 is 27.5 Å². The summed E-state index contributed by atoms with van der Waals surface area (Å²) < 4.78 is 30.6. The first-order valence-corrected chi connectivity index (χ1v) is 7.04. The first-order valence-electron chi connectivity index (χ1n) is 5.56. The molecule has 0 saturated carbocycles. The standard InChI is InChI=1S/C12H15NO6S/c1-12(2,11(15)16)13-20(17,18)9-6-4-8(5-7-9)10(14)19-3/h4-7,13H,1-3H3,(H,15,16). The number of nitrogens with one attached hydrogen (secondary N) is 1. The van der Waals surface area contributed by atoms with Gasteiger partial charge in [-0.3, -0.25) is 4.79 Å². The predicted molar refractivity (Wildman–Crippen MR) is 69.8 cm³/mol. The van der Waals surface area contributed by atoms with Gasteiger partial charge in [-0.05, 0) is 38.1 Å². The molecule has 110 valence electrons. The van der Waals surface area contributed by atoms with Crippen LogP contribution in [0, 0.1) is 0 Å². The lowest BCUT2D eigenvalue weighted by atomic mass is 10.1. The molecule has 0 radical (unpaired) electrons. The summed E-state index contributed by atoms with van der Waals surface area (Å²) in [5.74, 6) is -1.89. The fourth-order valence-electron chi connectivity index (χ4n) is 1.33. The molecule has 0 amide bonds. The van der Waals surface area contributed by atoms with E-state index in [1.165, 1.54) is 45.2 Å². The van der Waals surface area contributed by atoms with Crippen molar-refractivity contribution in [1.82, 2.24) is 4.72 Å². The number of carboxylic acids is 1. The molecule has 0 aliphatic rings. The van der Waals surface area contributed by atoms with E-state index in [0.717, 1.165) is 0 Å². The highest BCUT2D eigenvalue weighted by Crippen LogP contribution is 2.14. The summed E-state index contributed by atoms with van der Waals surface area (Å²) in [6, 6.07) is 4.97. The Balaban J connectivity index is 3.05. The van der Waals surface area contributed by atoms with Crippen LogP contribution in [0.3, 0.4) is 0 Å². The van der Waals surface area contributed by atoms with Crippen molar-refractivity contribution in [2.24, 2.45) is 0 Å². The van der Waals surface area contributed by atoms with E-state index in [1.807, 2.05) is 0 Å². The lowest BCUT2D eigenvalue weighted by molar-refractivity contribution is -0.142. The largest absolute Gasteiger partial charge is 0.480 e. The minimum atomic E-state index is -4.00. The van der Waals surface area contributed by atoms with Gasteiger partial charge in [-0.15, -0.1) is 0 Å². The lowest BCUT2D eigenvalue weighted by Gasteiger charge is -2.20. The smallest absolute Gasteiger partial charge is 0.337 e. The van der Waals surface area contributed by atoms with Gasteiger partial charge in [-0.1, -0.05) is 0 Å². The lowest BCUT2D eigenvalue weighted by Crippen LogP contribution is -2.49. The zero-order valence-electron chi connectivity index (χ0n) is 11.2. The summed E-state index contributed by atoms with van der Waals surface area (Å²) in [4.78, 5) is 22.0. The average Bonchev–Trinajstić information content (AvgIpc) is 2.36.